The molecule has 0 aliphatic heterocycles. The van der Waals surface area contributed by atoms with Gasteiger partial charge in [-0.2, -0.15) is 0 Å². The first-order valence-corrected chi connectivity index (χ1v) is 15.8. The van der Waals surface area contributed by atoms with Crippen molar-refractivity contribution in [3.63, 3.8) is 0 Å². The Morgan fingerprint density at radius 2 is 1.71 bits per heavy atom. The molecular weight excluding hydrogens is 568 g/mol. The second kappa shape index (κ2) is 11.4. The number of Topliss-reactive ketones (excluding diaryl/α,β-unsaturated/α-hetero) is 3. The monoisotopic (exact) mass is 612 g/mol. The number of aliphatic hydroxyl groups is 1. The van der Waals surface area contributed by atoms with Crippen LogP contribution >= 0.6 is 0 Å². The standard InChI is InChI=1S/C38H44O7/c1-9-45-30(41)12-10-11-24-14-16-29(44-8)26(17-24)25-15-13-21(2)31-27(25)18-36(5)20-37(6)19-28(40)32(23(4)39)35(43)38(37,7)22(3)33(36)34(31)42/h13-17,40H,9-12,18-20H2,1-8H3/t36-,37+,38+/m0/s1. The van der Waals surface area contributed by atoms with Gasteiger partial charge in [0.2, 0.25) is 0 Å². The zero-order chi connectivity index (χ0) is 33.1. The third-order valence-electron chi connectivity index (χ3n) is 10.8. The van der Waals surface area contributed by atoms with E-state index in [1.54, 1.807) is 14.0 Å². The number of ether oxygens (including phenoxy) is 2. The molecule has 0 amide bonds. The Morgan fingerprint density at radius 3 is 2.36 bits per heavy atom. The SMILES string of the molecule is CCOC(=O)CCCc1ccc(OC)c(-c2ccc(C)c3c2C[C@@]2(C)C[C@@]4(C)CC(O)=C(C(C)=O)C(=O)[C@@]4(C)C(C)=C2C3=O)c1. The van der Waals surface area contributed by atoms with Crippen molar-refractivity contribution in [1.29, 1.82) is 0 Å². The van der Waals surface area contributed by atoms with E-state index in [-0.39, 0.29) is 29.5 Å². The second-order valence-electron chi connectivity index (χ2n) is 13.8. The van der Waals surface area contributed by atoms with Crippen molar-refractivity contribution in [3.8, 4) is 16.9 Å². The molecule has 2 aromatic carbocycles. The number of hydrogen-bond acceptors (Lipinski definition) is 7. The first kappa shape index (κ1) is 32.4. The summed E-state index contributed by atoms with van der Waals surface area (Å²) in [7, 11) is 1.63. The molecule has 5 rings (SSSR count). The van der Waals surface area contributed by atoms with E-state index in [0.717, 1.165) is 27.8 Å². The van der Waals surface area contributed by atoms with Crippen LogP contribution in [0.5, 0.6) is 5.75 Å². The van der Waals surface area contributed by atoms with Gasteiger partial charge >= 0.3 is 5.97 Å². The molecule has 0 heterocycles. The van der Waals surface area contributed by atoms with E-state index in [4.69, 9.17) is 9.47 Å². The Morgan fingerprint density at radius 1 is 1.00 bits per heavy atom. The number of methoxy groups -OCH3 is 1. The van der Waals surface area contributed by atoms with E-state index in [0.29, 0.717) is 61.2 Å². The van der Waals surface area contributed by atoms with Gasteiger partial charge in [-0.1, -0.05) is 37.6 Å². The molecule has 0 saturated carbocycles. The van der Waals surface area contributed by atoms with Gasteiger partial charge in [0.05, 0.1) is 24.7 Å². The number of aliphatic hydroxyl groups excluding tert-OH is 1. The summed E-state index contributed by atoms with van der Waals surface area (Å²) in [5.74, 6) is -0.608. The van der Waals surface area contributed by atoms with Crippen LogP contribution in [0.1, 0.15) is 94.3 Å². The molecule has 3 atom stereocenters. The molecule has 2 aromatic rings. The fourth-order valence-corrected chi connectivity index (χ4v) is 8.59. The summed E-state index contributed by atoms with van der Waals surface area (Å²) >= 11 is 0. The summed E-state index contributed by atoms with van der Waals surface area (Å²) in [5, 5.41) is 11.0. The van der Waals surface area contributed by atoms with E-state index in [9.17, 15) is 24.3 Å². The minimum Gasteiger partial charge on any atom is -0.511 e. The van der Waals surface area contributed by atoms with Gasteiger partial charge in [-0.05, 0) is 100 Å². The Labute approximate surface area is 265 Å². The molecule has 0 aromatic heterocycles. The maximum atomic E-state index is 14.7. The summed E-state index contributed by atoms with van der Waals surface area (Å²) in [5.41, 5.74) is 4.10. The third kappa shape index (κ3) is 4.95. The number of hydrogen-bond donors (Lipinski definition) is 1. The van der Waals surface area contributed by atoms with Crippen molar-refractivity contribution >= 4 is 23.3 Å². The molecule has 0 fully saturated rings. The van der Waals surface area contributed by atoms with Crippen LogP contribution in [0.3, 0.4) is 0 Å². The Hall–Kier alpha value is -4.00. The number of fused-ring (bicyclic) bond motifs is 3. The van der Waals surface area contributed by atoms with Gasteiger partial charge in [-0.3, -0.25) is 19.2 Å². The highest BCUT2D eigenvalue weighted by Crippen LogP contribution is 2.66. The van der Waals surface area contributed by atoms with Gasteiger partial charge in [-0.15, -0.1) is 0 Å². The number of allylic oxidation sites excluding steroid dienone is 4. The molecule has 238 valence electrons. The zero-order valence-electron chi connectivity index (χ0n) is 27.7. The average molecular weight is 613 g/mol. The van der Waals surface area contributed by atoms with Crippen molar-refractivity contribution in [2.75, 3.05) is 13.7 Å². The largest absolute Gasteiger partial charge is 0.511 e. The molecule has 3 aliphatic rings. The lowest BCUT2D eigenvalue weighted by molar-refractivity contribution is -0.143. The van der Waals surface area contributed by atoms with E-state index in [2.05, 4.69) is 19.1 Å². The average Bonchev–Trinajstić information content (AvgIpc) is 2.95. The van der Waals surface area contributed by atoms with Crippen LogP contribution in [0.25, 0.3) is 11.1 Å². The predicted molar refractivity (Wildman–Crippen MR) is 172 cm³/mol. The lowest BCUT2D eigenvalue weighted by atomic mass is 9.43. The molecule has 3 aliphatic carbocycles. The summed E-state index contributed by atoms with van der Waals surface area (Å²) in [6.07, 6.45) is 2.94. The van der Waals surface area contributed by atoms with Crippen LogP contribution in [-0.2, 0) is 32.0 Å². The highest BCUT2D eigenvalue weighted by Gasteiger charge is 2.64. The van der Waals surface area contributed by atoms with Gasteiger partial charge in [0.25, 0.3) is 0 Å². The maximum absolute atomic E-state index is 14.7. The molecule has 7 heteroatoms. The minimum absolute atomic E-state index is 0.0839. The van der Waals surface area contributed by atoms with Crippen LogP contribution in [0.15, 0.2) is 52.8 Å². The van der Waals surface area contributed by atoms with Crippen molar-refractivity contribution < 1.29 is 33.8 Å². The zero-order valence-corrected chi connectivity index (χ0v) is 27.7. The topological polar surface area (TPSA) is 107 Å². The van der Waals surface area contributed by atoms with Crippen LogP contribution in [-0.4, -0.2) is 42.1 Å². The van der Waals surface area contributed by atoms with E-state index in [1.807, 2.05) is 45.9 Å². The Kier molecular flexibility index (Phi) is 8.22. The van der Waals surface area contributed by atoms with Crippen LogP contribution in [0, 0.1) is 23.2 Å². The van der Waals surface area contributed by atoms with Crippen molar-refractivity contribution in [1.82, 2.24) is 0 Å². The minimum atomic E-state index is -1.10. The van der Waals surface area contributed by atoms with Crippen LogP contribution in [0.4, 0.5) is 0 Å². The number of carbonyl (C=O) groups excluding carboxylic acids is 4. The molecule has 7 nitrogen and oxygen atoms in total. The quantitative estimate of drug-likeness (QED) is 0.244. The van der Waals surface area contributed by atoms with Gasteiger partial charge in [-0.25, -0.2) is 0 Å². The maximum Gasteiger partial charge on any atom is 0.305 e. The first-order valence-electron chi connectivity index (χ1n) is 15.8. The normalized spacial score (nSPS) is 25.9. The predicted octanol–water partition coefficient (Wildman–Crippen LogP) is 7.41. The summed E-state index contributed by atoms with van der Waals surface area (Å²) in [6, 6.07) is 10.0. The van der Waals surface area contributed by atoms with Gasteiger partial charge < -0.3 is 14.6 Å². The van der Waals surface area contributed by atoms with Crippen LogP contribution < -0.4 is 4.74 Å². The molecule has 45 heavy (non-hydrogen) atoms. The molecule has 0 spiro atoms. The van der Waals surface area contributed by atoms with Crippen molar-refractivity contribution in [2.45, 2.75) is 87.0 Å². The molecular formula is C38H44O7. The van der Waals surface area contributed by atoms with Crippen LogP contribution in [0.2, 0.25) is 0 Å². The van der Waals surface area contributed by atoms with Gasteiger partial charge in [0.1, 0.15) is 11.5 Å². The van der Waals surface area contributed by atoms with Crippen molar-refractivity contribution in [2.24, 2.45) is 16.2 Å². The number of aryl methyl sites for hydroxylation is 2. The fourth-order valence-electron chi connectivity index (χ4n) is 8.59. The highest BCUT2D eigenvalue weighted by molar-refractivity contribution is 6.24. The number of carbonyl (C=O) groups is 4. The van der Waals surface area contributed by atoms with Crippen molar-refractivity contribution in [3.05, 3.63) is 75.1 Å². The Balaban J connectivity index is 1.64. The van der Waals surface area contributed by atoms with Gasteiger partial charge in [0, 0.05) is 35.0 Å². The molecule has 0 bridgehead atoms. The highest BCUT2D eigenvalue weighted by atomic mass is 16.5. The molecule has 0 unspecified atom stereocenters. The number of esters is 1. The second-order valence-corrected chi connectivity index (χ2v) is 13.8. The lowest BCUT2D eigenvalue weighted by Gasteiger charge is -2.58. The molecule has 0 radical (unpaired) electrons. The summed E-state index contributed by atoms with van der Waals surface area (Å²) in [4.78, 5) is 53.1. The molecule has 0 saturated heterocycles. The van der Waals surface area contributed by atoms with Gasteiger partial charge in [0.15, 0.2) is 17.3 Å². The van der Waals surface area contributed by atoms with E-state index < -0.39 is 27.8 Å². The van der Waals surface area contributed by atoms with E-state index >= 15 is 0 Å². The van der Waals surface area contributed by atoms with E-state index in [1.165, 1.54) is 6.92 Å². The lowest BCUT2D eigenvalue weighted by Crippen LogP contribution is -2.57. The summed E-state index contributed by atoms with van der Waals surface area (Å²) < 4.78 is 10.9. The summed E-state index contributed by atoms with van der Waals surface area (Å²) in [6.45, 7) is 13.2. The number of rotatable bonds is 8. The molecule has 1 N–H and O–H groups in total. The Bertz CT molecular complexity index is 1710. The smallest absolute Gasteiger partial charge is 0.305 e. The number of ketones is 3. The number of benzene rings is 2. The first-order chi connectivity index (χ1) is 21.1. The fraction of sp³-hybridized carbons (Fsp3) is 0.474. The third-order valence-corrected chi connectivity index (χ3v) is 10.8.